The Balaban J connectivity index is 1.86. The molecule has 4 N–H and O–H groups in total. The quantitative estimate of drug-likeness (QED) is 0.410. The van der Waals surface area contributed by atoms with E-state index >= 15 is 0 Å². The number of nitrogens with zero attached hydrogens (tertiary/aromatic N) is 3. The summed E-state index contributed by atoms with van der Waals surface area (Å²) in [5, 5.41) is 44.0. The van der Waals surface area contributed by atoms with E-state index in [2.05, 4.69) is 5.29 Å². The van der Waals surface area contributed by atoms with Gasteiger partial charge in [-0.2, -0.15) is 4.57 Å². The van der Waals surface area contributed by atoms with Crippen molar-refractivity contribution in [3.63, 3.8) is 0 Å². The van der Waals surface area contributed by atoms with Crippen molar-refractivity contribution in [3.8, 4) is 0 Å². The number of pyridine rings is 1. The van der Waals surface area contributed by atoms with E-state index < -0.39 is 37.3 Å². The summed E-state index contributed by atoms with van der Waals surface area (Å²) in [5.74, 6) is 0. The van der Waals surface area contributed by atoms with Gasteiger partial charge in [-0.25, -0.2) is 0 Å². The second kappa shape index (κ2) is 7.71. The second-order valence-corrected chi connectivity index (χ2v) is 6.56. The van der Waals surface area contributed by atoms with Crippen LogP contribution in [0, 0.1) is 4.91 Å². The van der Waals surface area contributed by atoms with E-state index in [0.717, 1.165) is 24.8 Å². The van der Waals surface area contributed by atoms with Crippen LogP contribution < -0.4 is 4.57 Å². The van der Waals surface area contributed by atoms with E-state index in [-0.39, 0.29) is 6.04 Å². The molecule has 6 atom stereocenters. The number of aliphatic hydroxyl groups is 4. The molecule has 0 aliphatic carbocycles. The van der Waals surface area contributed by atoms with Crippen LogP contribution in [0.2, 0.25) is 0 Å². The summed E-state index contributed by atoms with van der Waals surface area (Å²) in [4.78, 5) is 11.1. The lowest BCUT2D eigenvalue weighted by Crippen LogP contribution is -2.62. The Hall–Kier alpha value is -1.65. The number of ether oxygens (including phenoxy) is 1. The van der Waals surface area contributed by atoms with Crippen molar-refractivity contribution in [3.05, 3.63) is 35.0 Å². The average molecular weight is 354 g/mol. The normalized spacial score (nSPS) is 36.2. The van der Waals surface area contributed by atoms with E-state index in [0.29, 0.717) is 6.54 Å². The molecule has 9 heteroatoms. The van der Waals surface area contributed by atoms with Gasteiger partial charge in [0, 0.05) is 18.2 Å². The lowest BCUT2D eigenvalue weighted by Gasteiger charge is -2.37. The zero-order valence-corrected chi connectivity index (χ0v) is 13.8. The Morgan fingerprint density at radius 1 is 1.24 bits per heavy atom. The smallest absolute Gasteiger partial charge is 0.292 e. The van der Waals surface area contributed by atoms with Gasteiger partial charge in [0.2, 0.25) is 0 Å². The Morgan fingerprint density at radius 3 is 2.76 bits per heavy atom. The Morgan fingerprint density at radius 2 is 2.04 bits per heavy atom. The maximum atomic E-state index is 11.1. The minimum absolute atomic E-state index is 0.149. The van der Waals surface area contributed by atoms with Gasteiger partial charge in [0.05, 0.1) is 17.9 Å². The van der Waals surface area contributed by atoms with Crippen molar-refractivity contribution in [2.75, 3.05) is 13.2 Å². The van der Waals surface area contributed by atoms with Crippen LogP contribution in [0.4, 0.5) is 0 Å². The standard InChI is InChI=1S/C16H24N3O6/c20-9-12-13(21)14(22)15(23)16(25-12)18-6-3-4-10(8-18)11-5-1-2-7-19(11)17-24/h3-4,6,8,11-16,20-23H,1-2,5,7,9H2/q+1/t11-,12+,13+,14-,15+,16-/m0/s1. The Labute approximate surface area is 145 Å². The van der Waals surface area contributed by atoms with Crippen LogP contribution in [0.3, 0.4) is 0 Å². The second-order valence-electron chi connectivity index (χ2n) is 6.56. The number of rotatable bonds is 4. The van der Waals surface area contributed by atoms with E-state index in [1.807, 2.05) is 6.07 Å². The molecule has 3 heterocycles. The third kappa shape index (κ3) is 3.51. The first-order chi connectivity index (χ1) is 12.1. The third-order valence-corrected chi connectivity index (χ3v) is 4.97. The highest BCUT2D eigenvalue weighted by Gasteiger charge is 2.48. The van der Waals surface area contributed by atoms with Gasteiger partial charge in [0.25, 0.3) is 6.23 Å². The van der Waals surface area contributed by atoms with E-state index in [9.17, 15) is 25.3 Å². The number of piperidine rings is 1. The number of aliphatic hydroxyl groups excluding tert-OH is 4. The Kier molecular flexibility index (Phi) is 5.60. The number of hydrogen-bond donors (Lipinski definition) is 4. The summed E-state index contributed by atoms with van der Waals surface area (Å²) in [7, 11) is 0. The van der Waals surface area contributed by atoms with Crippen molar-refractivity contribution in [2.45, 2.75) is 55.9 Å². The van der Waals surface area contributed by atoms with E-state index in [1.54, 1.807) is 23.0 Å². The van der Waals surface area contributed by atoms with Crippen molar-refractivity contribution >= 4 is 0 Å². The summed E-state index contributed by atoms with van der Waals surface area (Å²) >= 11 is 0. The van der Waals surface area contributed by atoms with Gasteiger partial charge in [-0.05, 0) is 25.3 Å². The first-order valence-corrected chi connectivity index (χ1v) is 8.48. The van der Waals surface area contributed by atoms with Crippen LogP contribution in [-0.2, 0) is 4.74 Å². The van der Waals surface area contributed by atoms with Crippen LogP contribution in [0.25, 0.3) is 0 Å². The van der Waals surface area contributed by atoms with Gasteiger partial charge >= 0.3 is 0 Å². The van der Waals surface area contributed by atoms with E-state index in [4.69, 9.17) is 4.74 Å². The van der Waals surface area contributed by atoms with Crippen LogP contribution in [0.15, 0.2) is 29.8 Å². The average Bonchev–Trinajstić information content (AvgIpc) is 2.66. The zero-order chi connectivity index (χ0) is 18.0. The molecule has 0 bridgehead atoms. The molecule has 0 radical (unpaired) electrons. The minimum Gasteiger partial charge on any atom is -0.394 e. The summed E-state index contributed by atoms with van der Waals surface area (Å²) in [6.07, 6.45) is -0.0110. The minimum atomic E-state index is -1.44. The van der Waals surface area contributed by atoms with Gasteiger partial charge < -0.3 is 25.2 Å². The molecule has 0 aromatic carbocycles. The zero-order valence-electron chi connectivity index (χ0n) is 13.8. The first kappa shape index (κ1) is 18.2. The van der Waals surface area contributed by atoms with Crippen LogP contribution >= 0.6 is 0 Å². The highest BCUT2D eigenvalue weighted by atomic mass is 16.6. The maximum Gasteiger partial charge on any atom is 0.292 e. The molecule has 2 aliphatic rings. The fourth-order valence-electron chi connectivity index (χ4n) is 3.55. The molecular formula is C16H24N3O6+. The van der Waals surface area contributed by atoms with Crippen molar-refractivity contribution in [2.24, 2.45) is 5.29 Å². The number of aromatic nitrogens is 1. The predicted molar refractivity (Wildman–Crippen MR) is 84.7 cm³/mol. The first-order valence-electron chi connectivity index (χ1n) is 8.48. The van der Waals surface area contributed by atoms with Gasteiger partial charge in [-0.3, -0.25) is 5.01 Å². The molecule has 1 aromatic rings. The molecule has 138 valence electrons. The molecule has 25 heavy (non-hydrogen) atoms. The molecule has 9 nitrogen and oxygen atoms in total. The summed E-state index contributed by atoms with van der Waals surface area (Å²) in [6.45, 7) is 0.121. The largest absolute Gasteiger partial charge is 0.394 e. The van der Waals surface area contributed by atoms with Gasteiger partial charge in [-0.1, -0.05) is 0 Å². The van der Waals surface area contributed by atoms with Crippen LogP contribution in [0.5, 0.6) is 0 Å². The van der Waals surface area contributed by atoms with Gasteiger partial charge in [0.15, 0.2) is 18.5 Å². The molecule has 1 aromatic heterocycles. The summed E-state index contributed by atoms with van der Waals surface area (Å²) in [5.41, 5.74) is 0.846. The summed E-state index contributed by atoms with van der Waals surface area (Å²) in [6, 6.07) is 3.48. The molecule has 3 rings (SSSR count). The van der Waals surface area contributed by atoms with Gasteiger partial charge in [0.1, 0.15) is 18.3 Å². The molecule has 2 fully saturated rings. The molecule has 2 saturated heterocycles. The molecule has 2 aliphatic heterocycles. The predicted octanol–water partition coefficient (Wildman–Crippen LogP) is -0.845. The van der Waals surface area contributed by atoms with Crippen molar-refractivity contribution in [1.82, 2.24) is 5.01 Å². The monoisotopic (exact) mass is 354 g/mol. The number of nitroso groups, excluding NO2 is 1. The topological polar surface area (TPSA) is 127 Å². The SMILES string of the molecule is O=NN1CCCC[C@H]1c1ccc[n+]([C@H]2O[C@H](CO)[C@@H](O)[C@H](O)[C@H]2O)c1. The van der Waals surface area contributed by atoms with Crippen molar-refractivity contribution < 1.29 is 29.7 Å². The van der Waals surface area contributed by atoms with Crippen molar-refractivity contribution in [1.29, 1.82) is 0 Å². The fraction of sp³-hybridized carbons (Fsp3) is 0.688. The molecule has 0 amide bonds. The third-order valence-electron chi connectivity index (χ3n) is 4.97. The maximum absolute atomic E-state index is 11.1. The van der Waals surface area contributed by atoms with Crippen LogP contribution in [-0.4, -0.2) is 63.0 Å². The Bertz CT molecular complexity index is 601. The number of hydrogen-bond acceptors (Lipinski definition) is 7. The molecular weight excluding hydrogens is 330 g/mol. The highest BCUT2D eigenvalue weighted by molar-refractivity contribution is 5.12. The van der Waals surface area contributed by atoms with E-state index in [1.165, 1.54) is 5.01 Å². The van der Waals surface area contributed by atoms with Gasteiger partial charge in [-0.15, -0.1) is 4.91 Å². The molecule has 0 unspecified atom stereocenters. The highest BCUT2D eigenvalue weighted by Crippen LogP contribution is 2.31. The van der Waals surface area contributed by atoms with Crippen LogP contribution in [0.1, 0.15) is 37.1 Å². The fourth-order valence-corrected chi connectivity index (χ4v) is 3.55. The lowest BCUT2D eigenvalue weighted by molar-refractivity contribution is -0.778. The lowest BCUT2D eigenvalue weighted by atomic mass is 9.97. The summed E-state index contributed by atoms with van der Waals surface area (Å²) < 4.78 is 7.14. The molecule has 0 saturated carbocycles. The molecule has 0 spiro atoms.